The molecule has 0 fully saturated rings. The Morgan fingerprint density at radius 1 is 1.07 bits per heavy atom. The van der Waals surface area contributed by atoms with Gasteiger partial charge in [-0.15, -0.1) is 5.10 Å². The number of nitrogens with two attached hydrogens (primary N) is 1. The summed E-state index contributed by atoms with van der Waals surface area (Å²) in [5.41, 5.74) is 7.56. The van der Waals surface area contributed by atoms with Crippen LogP contribution < -0.4 is 5.73 Å². The number of nitrogens with one attached hydrogen (secondary N) is 1. The number of H-pyrrole nitrogens is 1. The molecule has 2 aromatic heterocycles. The number of imidazole rings is 1. The number of rotatable bonds is 11. The second-order valence-corrected chi connectivity index (χ2v) is 7.01. The molecule has 0 aliphatic carbocycles. The summed E-state index contributed by atoms with van der Waals surface area (Å²) in [6, 6.07) is 2.86. The van der Waals surface area contributed by atoms with Crippen LogP contribution >= 0.6 is 0 Å². The highest BCUT2D eigenvalue weighted by atomic mass is 19.1. The number of hydrogen-bond donors (Lipinski definition) is 2. The fourth-order valence-electron chi connectivity index (χ4n) is 3.13. The molecule has 0 spiro atoms. The standard InChI is InChI=1S/C20H24F2N6O/c21-15-9-14(10-16(22)11-15)19(29)7-4-8-28-13-18(26-27-28)6-3-1-2-5-17-12-24-20(23)25-17/h9-13H,1-8H2,(H3,23,24,25). The molecule has 0 aliphatic rings. The third-order valence-electron chi connectivity index (χ3n) is 4.59. The van der Waals surface area contributed by atoms with Crippen LogP contribution in [0.1, 0.15) is 53.8 Å². The van der Waals surface area contributed by atoms with Gasteiger partial charge in [0.25, 0.3) is 0 Å². The third kappa shape index (κ3) is 6.48. The Hall–Kier alpha value is -3.10. The highest BCUT2D eigenvalue weighted by Gasteiger charge is 2.10. The van der Waals surface area contributed by atoms with Gasteiger partial charge < -0.3 is 10.7 Å². The minimum Gasteiger partial charge on any atom is -0.369 e. The molecule has 0 unspecified atom stereocenters. The second-order valence-electron chi connectivity index (χ2n) is 7.01. The smallest absolute Gasteiger partial charge is 0.197 e. The molecule has 3 N–H and O–H groups in total. The van der Waals surface area contributed by atoms with Crippen molar-refractivity contribution in [1.29, 1.82) is 0 Å². The van der Waals surface area contributed by atoms with Crippen LogP contribution in [0.4, 0.5) is 14.7 Å². The molecule has 0 saturated carbocycles. The molecular formula is C20H24F2N6O. The maximum absolute atomic E-state index is 13.2. The van der Waals surface area contributed by atoms with Crippen molar-refractivity contribution in [1.82, 2.24) is 25.0 Å². The van der Waals surface area contributed by atoms with E-state index in [2.05, 4.69) is 20.3 Å². The van der Waals surface area contributed by atoms with Crippen molar-refractivity contribution in [2.24, 2.45) is 0 Å². The van der Waals surface area contributed by atoms with Crippen LogP contribution in [0.5, 0.6) is 0 Å². The molecule has 0 saturated heterocycles. The molecule has 3 rings (SSSR count). The zero-order valence-corrected chi connectivity index (χ0v) is 16.1. The predicted octanol–water partition coefficient (Wildman–Crippen LogP) is 3.48. The Kier molecular flexibility index (Phi) is 7.04. The summed E-state index contributed by atoms with van der Waals surface area (Å²) in [4.78, 5) is 19.0. The van der Waals surface area contributed by atoms with Crippen LogP contribution in [0.3, 0.4) is 0 Å². The average molecular weight is 402 g/mol. The summed E-state index contributed by atoms with van der Waals surface area (Å²) in [5.74, 6) is -1.34. The van der Waals surface area contributed by atoms with Gasteiger partial charge in [-0.1, -0.05) is 11.6 Å². The van der Waals surface area contributed by atoms with Crippen LogP contribution in [0.25, 0.3) is 0 Å². The molecular weight excluding hydrogens is 378 g/mol. The van der Waals surface area contributed by atoms with Crippen LogP contribution in [-0.4, -0.2) is 30.7 Å². The predicted molar refractivity (Wildman–Crippen MR) is 104 cm³/mol. The van der Waals surface area contributed by atoms with Gasteiger partial charge in [-0.2, -0.15) is 0 Å². The van der Waals surface area contributed by atoms with Gasteiger partial charge in [0.2, 0.25) is 0 Å². The first-order valence-corrected chi connectivity index (χ1v) is 9.67. The first-order chi connectivity index (χ1) is 14.0. The molecule has 154 valence electrons. The van der Waals surface area contributed by atoms with E-state index in [9.17, 15) is 13.6 Å². The summed E-state index contributed by atoms with van der Waals surface area (Å²) in [6.07, 6.45) is 9.21. The third-order valence-corrected chi connectivity index (χ3v) is 4.59. The number of aromatic amines is 1. The Labute approximate surface area is 167 Å². The number of anilines is 1. The van der Waals surface area contributed by atoms with Crippen molar-refractivity contribution in [2.45, 2.75) is 51.5 Å². The van der Waals surface area contributed by atoms with Gasteiger partial charge in [0, 0.05) is 36.5 Å². The molecule has 0 amide bonds. The Balaban J connectivity index is 1.34. The summed E-state index contributed by atoms with van der Waals surface area (Å²) in [6.45, 7) is 0.526. The Morgan fingerprint density at radius 3 is 2.55 bits per heavy atom. The van der Waals surface area contributed by atoms with Crippen molar-refractivity contribution in [3.8, 4) is 0 Å². The number of Topliss-reactive ketones (excluding diaryl/α,β-unsaturated/α-hetero) is 1. The average Bonchev–Trinajstić information content (AvgIpc) is 3.29. The zero-order valence-electron chi connectivity index (χ0n) is 16.1. The molecule has 0 radical (unpaired) electrons. The summed E-state index contributed by atoms with van der Waals surface area (Å²) in [5, 5.41) is 8.22. The lowest BCUT2D eigenvalue weighted by Crippen LogP contribution is -2.05. The number of aromatic nitrogens is 5. The minimum absolute atomic E-state index is 0.0552. The van der Waals surface area contributed by atoms with E-state index in [-0.39, 0.29) is 17.8 Å². The fourth-order valence-corrected chi connectivity index (χ4v) is 3.13. The van der Waals surface area contributed by atoms with E-state index in [0.29, 0.717) is 18.9 Å². The molecule has 1 aromatic carbocycles. The number of halogens is 2. The molecule has 3 aromatic rings. The lowest BCUT2D eigenvalue weighted by molar-refractivity contribution is 0.0977. The van der Waals surface area contributed by atoms with E-state index in [1.165, 1.54) is 0 Å². The van der Waals surface area contributed by atoms with Gasteiger partial charge in [0.1, 0.15) is 11.6 Å². The normalized spacial score (nSPS) is 11.1. The first kappa shape index (κ1) is 20.6. The quantitative estimate of drug-likeness (QED) is 0.378. The zero-order chi connectivity index (χ0) is 20.6. The van der Waals surface area contributed by atoms with Crippen LogP contribution in [0.15, 0.2) is 30.6 Å². The summed E-state index contributed by atoms with van der Waals surface area (Å²) in [7, 11) is 0. The van der Waals surface area contributed by atoms with Crippen molar-refractivity contribution < 1.29 is 13.6 Å². The molecule has 29 heavy (non-hydrogen) atoms. The van der Waals surface area contributed by atoms with Gasteiger partial charge >= 0.3 is 0 Å². The van der Waals surface area contributed by atoms with Crippen LogP contribution in [0.2, 0.25) is 0 Å². The molecule has 2 heterocycles. The Morgan fingerprint density at radius 2 is 1.83 bits per heavy atom. The Bertz CT molecular complexity index is 932. The van der Waals surface area contributed by atoms with E-state index < -0.39 is 11.6 Å². The van der Waals surface area contributed by atoms with Crippen LogP contribution in [-0.2, 0) is 19.4 Å². The summed E-state index contributed by atoms with van der Waals surface area (Å²) < 4.78 is 28.1. The van der Waals surface area contributed by atoms with E-state index in [0.717, 1.165) is 61.7 Å². The van der Waals surface area contributed by atoms with E-state index in [4.69, 9.17) is 5.73 Å². The summed E-state index contributed by atoms with van der Waals surface area (Å²) >= 11 is 0. The maximum atomic E-state index is 13.2. The SMILES string of the molecule is Nc1ncc(CCCCCc2cn(CCCC(=O)c3cc(F)cc(F)c3)nn2)[nH]1. The number of hydrogen-bond acceptors (Lipinski definition) is 5. The lowest BCUT2D eigenvalue weighted by Gasteiger charge is -2.02. The number of aryl methyl sites for hydroxylation is 3. The van der Waals surface area contributed by atoms with Crippen molar-refractivity contribution in [3.63, 3.8) is 0 Å². The molecule has 7 nitrogen and oxygen atoms in total. The van der Waals surface area contributed by atoms with E-state index in [1.54, 1.807) is 10.9 Å². The van der Waals surface area contributed by atoms with Gasteiger partial charge in [0.15, 0.2) is 11.7 Å². The largest absolute Gasteiger partial charge is 0.369 e. The van der Waals surface area contributed by atoms with Gasteiger partial charge in [-0.05, 0) is 44.2 Å². The van der Waals surface area contributed by atoms with Crippen molar-refractivity contribution in [3.05, 3.63) is 59.2 Å². The number of carbonyl (C=O) groups excluding carboxylic acids is 1. The van der Waals surface area contributed by atoms with Gasteiger partial charge in [-0.3, -0.25) is 9.48 Å². The minimum atomic E-state index is -0.747. The highest BCUT2D eigenvalue weighted by molar-refractivity contribution is 5.96. The highest BCUT2D eigenvalue weighted by Crippen LogP contribution is 2.12. The second kappa shape index (κ2) is 9.90. The van der Waals surface area contributed by atoms with Gasteiger partial charge in [-0.25, -0.2) is 13.8 Å². The number of benzene rings is 1. The number of carbonyl (C=O) groups is 1. The molecule has 0 aliphatic heterocycles. The number of nitrogens with zero attached hydrogens (tertiary/aromatic N) is 4. The topological polar surface area (TPSA) is 102 Å². The number of ketones is 1. The molecule has 0 bridgehead atoms. The maximum Gasteiger partial charge on any atom is 0.197 e. The number of nitrogen functional groups attached to an aromatic ring is 1. The van der Waals surface area contributed by atoms with E-state index >= 15 is 0 Å². The first-order valence-electron chi connectivity index (χ1n) is 9.67. The number of unbranched alkanes of at least 4 members (excludes halogenated alkanes) is 2. The van der Waals surface area contributed by atoms with Crippen LogP contribution in [0, 0.1) is 11.6 Å². The lowest BCUT2D eigenvalue weighted by atomic mass is 10.1. The van der Waals surface area contributed by atoms with E-state index in [1.807, 2.05) is 6.20 Å². The van der Waals surface area contributed by atoms with Gasteiger partial charge in [0.05, 0.1) is 11.9 Å². The van der Waals surface area contributed by atoms with Crippen molar-refractivity contribution in [2.75, 3.05) is 5.73 Å². The van der Waals surface area contributed by atoms with Crippen molar-refractivity contribution >= 4 is 11.7 Å². The molecule has 0 atom stereocenters. The molecule has 9 heteroatoms. The fraction of sp³-hybridized carbons (Fsp3) is 0.400. The monoisotopic (exact) mass is 402 g/mol.